The van der Waals surface area contributed by atoms with Crippen LogP contribution in [0, 0.1) is 11.7 Å². The zero-order valence-electron chi connectivity index (χ0n) is 12.8. The lowest BCUT2D eigenvalue weighted by Crippen LogP contribution is -2.39. The highest BCUT2D eigenvalue weighted by molar-refractivity contribution is 5.37. The second-order valence-electron chi connectivity index (χ2n) is 6.23. The fraction of sp³-hybridized carbons (Fsp3) is 0.647. The van der Waals surface area contributed by atoms with Gasteiger partial charge in [-0.3, -0.25) is 0 Å². The summed E-state index contributed by atoms with van der Waals surface area (Å²) in [6, 6.07) is 4.80. The first-order chi connectivity index (χ1) is 10.2. The fourth-order valence-corrected chi connectivity index (χ4v) is 3.36. The second-order valence-corrected chi connectivity index (χ2v) is 6.23. The fourth-order valence-electron chi connectivity index (χ4n) is 3.36. The molecule has 1 fully saturated rings. The Morgan fingerprint density at radius 2 is 2.10 bits per heavy atom. The van der Waals surface area contributed by atoms with Gasteiger partial charge >= 0.3 is 0 Å². The molecule has 0 aromatic heterocycles. The Morgan fingerprint density at radius 3 is 2.86 bits per heavy atom. The van der Waals surface area contributed by atoms with E-state index in [0.29, 0.717) is 0 Å². The number of nitrogens with zero attached hydrogens (tertiary/aromatic N) is 1. The molecule has 1 aromatic rings. The molecular formula is C17H25FN2O. The molecule has 4 heteroatoms. The van der Waals surface area contributed by atoms with Crippen molar-refractivity contribution in [2.45, 2.75) is 32.3 Å². The summed E-state index contributed by atoms with van der Waals surface area (Å²) in [6.07, 6.45) is 3.54. The minimum atomic E-state index is -0.173. The normalized spacial score (nSPS) is 23.0. The molecule has 2 aliphatic rings. The number of likely N-dealkylation sites (tertiary alicyclic amines) is 1. The number of halogens is 1. The number of nitrogens with one attached hydrogen (secondary N) is 1. The summed E-state index contributed by atoms with van der Waals surface area (Å²) in [5.74, 6) is 1.46. The Labute approximate surface area is 126 Å². The van der Waals surface area contributed by atoms with Gasteiger partial charge in [-0.15, -0.1) is 0 Å². The van der Waals surface area contributed by atoms with Crippen molar-refractivity contribution >= 4 is 0 Å². The van der Waals surface area contributed by atoms with E-state index in [4.69, 9.17) is 4.74 Å². The molecule has 0 radical (unpaired) electrons. The number of rotatable bonds is 5. The van der Waals surface area contributed by atoms with E-state index in [1.165, 1.54) is 38.5 Å². The highest BCUT2D eigenvalue weighted by Crippen LogP contribution is 2.29. The smallest absolute Gasteiger partial charge is 0.123 e. The lowest BCUT2D eigenvalue weighted by molar-refractivity contribution is 0.182. The second kappa shape index (κ2) is 6.75. The monoisotopic (exact) mass is 292 g/mol. The lowest BCUT2D eigenvalue weighted by Gasteiger charge is -2.31. The van der Waals surface area contributed by atoms with Crippen LogP contribution >= 0.6 is 0 Å². The van der Waals surface area contributed by atoms with Crippen molar-refractivity contribution in [1.29, 1.82) is 0 Å². The predicted molar refractivity (Wildman–Crippen MR) is 82.2 cm³/mol. The molecular weight excluding hydrogens is 267 g/mol. The zero-order valence-corrected chi connectivity index (χ0v) is 12.8. The first kappa shape index (κ1) is 14.8. The van der Waals surface area contributed by atoms with E-state index in [2.05, 4.69) is 17.1 Å². The Hall–Kier alpha value is -1.13. The standard InChI is InChI=1S/C17H25FN2O/c1-2-20-7-5-13(6-8-20)11-19-12-16-10-14-9-15(18)3-4-17(14)21-16/h3-4,9,13,16,19H,2,5-8,10-12H2,1H3. The van der Waals surface area contributed by atoms with Crippen LogP contribution in [0.5, 0.6) is 5.75 Å². The molecule has 116 valence electrons. The Morgan fingerprint density at radius 1 is 1.29 bits per heavy atom. The van der Waals surface area contributed by atoms with E-state index in [1.54, 1.807) is 12.1 Å². The third kappa shape index (κ3) is 3.74. The minimum absolute atomic E-state index is 0.150. The molecule has 3 rings (SSSR count). The van der Waals surface area contributed by atoms with Gasteiger partial charge in [0.25, 0.3) is 0 Å². The van der Waals surface area contributed by atoms with Crippen LogP contribution in [0.2, 0.25) is 0 Å². The third-order valence-electron chi connectivity index (χ3n) is 4.72. The quantitative estimate of drug-likeness (QED) is 0.902. The molecule has 1 unspecified atom stereocenters. The molecule has 0 saturated carbocycles. The topological polar surface area (TPSA) is 24.5 Å². The number of benzene rings is 1. The average Bonchev–Trinajstić information content (AvgIpc) is 2.89. The molecule has 0 bridgehead atoms. The largest absolute Gasteiger partial charge is 0.488 e. The molecule has 1 aromatic carbocycles. The Balaban J connectivity index is 1.38. The van der Waals surface area contributed by atoms with Crippen LogP contribution in [0.1, 0.15) is 25.3 Å². The van der Waals surface area contributed by atoms with Gasteiger partial charge in [0.05, 0.1) is 0 Å². The van der Waals surface area contributed by atoms with Crippen molar-refractivity contribution in [3.05, 3.63) is 29.6 Å². The van der Waals surface area contributed by atoms with E-state index in [-0.39, 0.29) is 11.9 Å². The summed E-state index contributed by atoms with van der Waals surface area (Å²) < 4.78 is 19.0. The van der Waals surface area contributed by atoms with Gasteiger partial charge in [-0.05, 0) is 63.1 Å². The molecule has 0 amide bonds. The van der Waals surface area contributed by atoms with Gasteiger partial charge in [-0.2, -0.15) is 0 Å². The van der Waals surface area contributed by atoms with E-state index in [9.17, 15) is 4.39 Å². The molecule has 2 heterocycles. The van der Waals surface area contributed by atoms with Crippen molar-refractivity contribution in [1.82, 2.24) is 10.2 Å². The predicted octanol–water partition coefficient (Wildman–Crippen LogP) is 2.45. The molecule has 1 saturated heterocycles. The first-order valence-corrected chi connectivity index (χ1v) is 8.12. The minimum Gasteiger partial charge on any atom is -0.488 e. The van der Waals surface area contributed by atoms with Crippen molar-refractivity contribution < 1.29 is 9.13 Å². The summed E-state index contributed by atoms with van der Waals surface area (Å²) in [7, 11) is 0. The maximum atomic E-state index is 13.2. The Bertz CT molecular complexity index is 472. The summed E-state index contributed by atoms with van der Waals surface area (Å²) >= 11 is 0. The molecule has 1 N–H and O–H groups in total. The molecule has 2 aliphatic heterocycles. The average molecular weight is 292 g/mol. The van der Waals surface area contributed by atoms with Crippen LogP contribution < -0.4 is 10.1 Å². The summed E-state index contributed by atoms with van der Waals surface area (Å²) in [5, 5.41) is 3.54. The molecule has 0 aliphatic carbocycles. The highest BCUT2D eigenvalue weighted by Gasteiger charge is 2.23. The van der Waals surface area contributed by atoms with Gasteiger partial charge in [-0.25, -0.2) is 4.39 Å². The highest BCUT2D eigenvalue weighted by atomic mass is 19.1. The van der Waals surface area contributed by atoms with Crippen LogP contribution in [0.25, 0.3) is 0 Å². The van der Waals surface area contributed by atoms with Gasteiger partial charge in [0.15, 0.2) is 0 Å². The van der Waals surface area contributed by atoms with Crippen molar-refractivity contribution in [2.24, 2.45) is 5.92 Å². The number of hydrogen-bond acceptors (Lipinski definition) is 3. The molecule has 1 atom stereocenters. The van der Waals surface area contributed by atoms with Crippen LogP contribution in [-0.2, 0) is 6.42 Å². The van der Waals surface area contributed by atoms with Gasteiger partial charge in [-0.1, -0.05) is 6.92 Å². The van der Waals surface area contributed by atoms with E-state index in [1.807, 2.05) is 0 Å². The van der Waals surface area contributed by atoms with Crippen LogP contribution in [0.4, 0.5) is 4.39 Å². The summed E-state index contributed by atoms with van der Waals surface area (Å²) in [5.41, 5.74) is 0.998. The summed E-state index contributed by atoms with van der Waals surface area (Å²) in [6.45, 7) is 7.79. The Kier molecular flexibility index (Phi) is 4.76. The van der Waals surface area contributed by atoms with Crippen LogP contribution in [-0.4, -0.2) is 43.7 Å². The van der Waals surface area contributed by atoms with E-state index >= 15 is 0 Å². The number of hydrogen-bond donors (Lipinski definition) is 1. The van der Waals surface area contributed by atoms with Gasteiger partial charge in [0.2, 0.25) is 0 Å². The van der Waals surface area contributed by atoms with Gasteiger partial charge in [0, 0.05) is 18.5 Å². The SMILES string of the molecule is CCN1CCC(CNCC2Cc3cc(F)ccc3O2)CC1. The van der Waals surface area contributed by atoms with E-state index in [0.717, 1.165) is 36.7 Å². The van der Waals surface area contributed by atoms with Crippen LogP contribution in [0.15, 0.2) is 18.2 Å². The number of piperidine rings is 1. The zero-order chi connectivity index (χ0) is 14.7. The number of fused-ring (bicyclic) bond motifs is 1. The van der Waals surface area contributed by atoms with Crippen molar-refractivity contribution in [2.75, 3.05) is 32.7 Å². The molecule has 21 heavy (non-hydrogen) atoms. The van der Waals surface area contributed by atoms with Gasteiger partial charge < -0.3 is 15.0 Å². The molecule has 3 nitrogen and oxygen atoms in total. The third-order valence-corrected chi connectivity index (χ3v) is 4.72. The van der Waals surface area contributed by atoms with Crippen molar-refractivity contribution in [3.63, 3.8) is 0 Å². The van der Waals surface area contributed by atoms with Gasteiger partial charge in [0.1, 0.15) is 17.7 Å². The van der Waals surface area contributed by atoms with Crippen LogP contribution in [0.3, 0.4) is 0 Å². The lowest BCUT2D eigenvalue weighted by atomic mass is 9.97. The van der Waals surface area contributed by atoms with Crippen molar-refractivity contribution in [3.8, 4) is 5.75 Å². The maximum absolute atomic E-state index is 13.2. The first-order valence-electron chi connectivity index (χ1n) is 8.12. The van der Waals surface area contributed by atoms with E-state index < -0.39 is 0 Å². The summed E-state index contributed by atoms with van der Waals surface area (Å²) in [4.78, 5) is 2.52. The molecule has 0 spiro atoms. The number of ether oxygens (including phenoxy) is 1. The maximum Gasteiger partial charge on any atom is 0.123 e.